The molecule has 1 aliphatic rings. The second kappa shape index (κ2) is 4.61. The maximum atomic E-state index is 12.5. The molecule has 0 aromatic carbocycles. The largest absolute Gasteiger partial charge is 0.375 e. The van der Waals surface area contributed by atoms with Crippen molar-refractivity contribution in [1.29, 1.82) is 0 Å². The van der Waals surface area contributed by atoms with Gasteiger partial charge in [0.1, 0.15) is 4.83 Å². The van der Waals surface area contributed by atoms with Gasteiger partial charge in [-0.25, -0.2) is 0 Å². The maximum Gasteiger partial charge on any atom is 0.264 e. The Labute approximate surface area is 115 Å². The van der Waals surface area contributed by atoms with Crippen molar-refractivity contribution in [3.8, 4) is 0 Å². The van der Waals surface area contributed by atoms with E-state index in [4.69, 9.17) is 4.74 Å². The van der Waals surface area contributed by atoms with Gasteiger partial charge in [0.05, 0.1) is 23.3 Å². The van der Waals surface area contributed by atoms with Crippen LogP contribution in [0, 0.1) is 6.92 Å². The molecule has 1 aliphatic heterocycles. The number of thiophene rings is 1. The quantitative estimate of drug-likeness (QED) is 0.800. The summed E-state index contributed by atoms with van der Waals surface area (Å²) in [5.74, 6) is 0.107. The number of amides is 1. The topological polar surface area (TPSA) is 47.4 Å². The first-order valence-corrected chi connectivity index (χ1v) is 7.22. The highest BCUT2D eigenvalue weighted by molar-refractivity contribution is 7.20. The van der Waals surface area contributed by atoms with E-state index in [1.165, 1.54) is 11.3 Å². The molecular weight excluding hydrogens is 262 g/mol. The molecule has 1 saturated heterocycles. The van der Waals surface area contributed by atoms with Crippen LogP contribution in [0.4, 0.5) is 0 Å². The first-order valence-electron chi connectivity index (χ1n) is 6.40. The Morgan fingerprint density at radius 2 is 2.37 bits per heavy atom. The lowest BCUT2D eigenvalue weighted by molar-refractivity contribution is -0.0122. The van der Waals surface area contributed by atoms with Gasteiger partial charge in [-0.3, -0.25) is 9.48 Å². The number of nitrogens with zero attached hydrogens (tertiary/aromatic N) is 3. The molecule has 1 fully saturated rings. The van der Waals surface area contributed by atoms with Crippen LogP contribution in [0.25, 0.3) is 10.2 Å². The molecule has 1 atom stereocenters. The van der Waals surface area contributed by atoms with Crippen LogP contribution < -0.4 is 0 Å². The molecule has 0 unspecified atom stereocenters. The first-order chi connectivity index (χ1) is 9.06. The van der Waals surface area contributed by atoms with Crippen LogP contribution in [0.3, 0.4) is 0 Å². The maximum absolute atomic E-state index is 12.5. The minimum Gasteiger partial charge on any atom is -0.375 e. The molecule has 6 heteroatoms. The lowest BCUT2D eigenvalue weighted by atomic mass is 10.2. The summed E-state index contributed by atoms with van der Waals surface area (Å²) in [6.45, 7) is 5.94. The molecule has 0 saturated carbocycles. The Bertz CT molecular complexity index is 597. The normalized spacial score (nSPS) is 20.2. The fourth-order valence-electron chi connectivity index (χ4n) is 2.47. The average molecular weight is 279 g/mol. The van der Waals surface area contributed by atoms with E-state index in [9.17, 15) is 4.79 Å². The van der Waals surface area contributed by atoms with Gasteiger partial charge in [0.15, 0.2) is 0 Å². The average Bonchev–Trinajstić information content (AvgIpc) is 2.92. The van der Waals surface area contributed by atoms with E-state index >= 15 is 0 Å². The van der Waals surface area contributed by atoms with E-state index in [1.807, 2.05) is 36.5 Å². The summed E-state index contributed by atoms with van der Waals surface area (Å²) in [5, 5.41) is 5.44. The van der Waals surface area contributed by atoms with Crippen molar-refractivity contribution in [1.82, 2.24) is 14.7 Å². The van der Waals surface area contributed by atoms with Gasteiger partial charge in [-0.15, -0.1) is 11.3 Å². The monoisotopic (exact) mass is 279 g/mol. The summed E-state index contributed by atoms with van der Waals surface area (Å²) in [6.07, 6.45) is 0.121. The predicted octanol–water partition coefficient (Wildman–Crippen LogP) is 1.80. The molecule has 0 N–H and O–H groups in total. The number of aromatic nitrogens is 2. The summed E-state index contributed by atoms with van der Waals surface area (Å²) >= 11 is 1.52. The Balaban J connectivity index is 1.91. The Morgan fingerprint density at radius 1 is 1.58 bits per heavy atom. The third kappa shape index (κ3) is 2.15. The molecule has 0 bridgehead atoms. The lowest BCUT2D eigenvalue weighted by Crippen LogP contribution is -2.44. The van der Waals surface area contributed by atoms with Crippen LogP contribution in [0.5, 0.6) is 0 Å². The summed E-state index contributed by atoms with van der Waals surface area (Å²) in [5.41, 5.74) is 0.975. The van der Waals surface area contributed by atoms with Crippen molar-refractivity contribution < 1.29 is 9.53 Å². The Hall–Kier alpha value is -1.40. The third-order valence-corrected chi connectivity index (χ3v) is 4.63. The Morgan fingerprint density at radius 3 is 3.05 bits per heavy atom. The van der Waals surface area contributed by atoms with Crippen molar-refractivity contribution in [3.05, 3.63) is 16.6 Å². The number of carbonyl (C=O) groups excluding carboxylic acids is 1. The standard InChI is InChI=1S/C13H17N3O2S/c1-8-7-16(4-5-18-8)12(17)11-6-10-9(2)14-15(3)13(10)19-11/h6,8H,4-5,7H2,1-3H3/t8-/m1/s1. The fraction of sp³-hybridized carbons (Fsp3) is 0.538. The second-order valence-electron chi connectivity index (χ2n) is 4.97. The van der Waals surface area contributed by atoms with Crippen LogP contribution in [0.15, 0.2) is 6.07 Å². The number of carbonyl (C=O) groups is 1. The molecule has 0 radical (unpaired) electrons. The van der Waals surface area contributed by atoms with Crippen LogP contribution in [-0.4, -0.2) is 46.4 Å². The number of hydrogen-bond acceptors (Lipinski definition) is 4. The van der Waals surface area contributed by atoms with Crippen LogP contribution in [0.2, 0.25) is 0 Å². The van der Waals surface area contributed by atoms with Gasteiger partial charge in [0.25, 0.3) is 5.91 Å². The third-order valence-electron chi connectivity index (χ3n) is 3.44. The zero-order valence-electron chi connectivity index (χ0n) is 11.3. The van der Waals surface area contributed by atoms with E-state index in [0.29, 0.717) is 19.7 Å². The predicted molar refractivity (Wildman–Crippen MR) is 74.6 cm³/mol. The highest BCUT2D eigenvalue weighted by atomic mass is 32.1. The molecule has 5 nitrogen and oxygen atoms in total. The number of rotatable bonds is 1. The van der Waals surface area contributed by atoms with Crippen LogP contribution in [0.1, 0.15) is 22.3 Å². The van der Waals surface area contributed by atoms with Crippen molar-refractivity contribution >= 4 is 27.5 Å². The summed E-state index contributed by atoms with van der Waals surface area (Å²) in [6, 6.07) is 1.96. The van der Waals surface area contributed by atoms with E-state index < -0.39 is 0 Å². The van der Waals surface area contributed by atoms with E-state index in [-0.39, 0.29) is 12.0 Å². The van der Waals surface area contributed by atoms with Gasteiger partial charge in [-0.2, -0.15) is 5.10 Å². The molecule has 1 amide bonds. The molecule has 0 aliphatic carbocycles. The molecule has 0 spiro atoms. The number of aryl methyl sites for hydroxylation is 2. The van der Waals surface area contributed by atoms with Crippen LogP contribution >= 0.6 is 11.3 Å². The molecule has 2 aromatic heterocycles. The molecule has 3 rings (SSSR count). The zero-order chi connectivity index (χ0) is 13.6. The minimum atomic E-state index is 0.107. The summed E-state index contributed by atoms with van der Waals surface area (Å²) in [4.78, 5) is 16.2. The van der Waals surface area contributed by atoms with Gasteiger partial charge in [-0.05, 0) is 19.9 Å². The number of hydrogen-bond donors (Lipinski definition) is 0. The zero-order valence-corrected chi connectivity index (χ0v) is 12.2. The molecule has 102 valence electrons. The van der Waals surface area contributed by atoms with Gasteiger partial charge in [0, 0.05) is 25.5 Å². The SMILES string of the molecule is Cc1nn(C)c2sc(C(=O)N3CCO[C@H](C)C3)cc12. The van der Waals surface area contributed by atoms with E-state index in [0.717, 1.165) is 20.8 Å². The van der Waals surface area contributed by atoms with E-state index in [2.05, 4.69) is 5.10 Å². The number of fused-ring (bicyclic) bond motifs is 1. The lowest BCUT2D eigenvalue weighted by Gasteiger charge is -2.30. The molecule has 3 heterocycles. The van der Waals surface area contributed by atoms with Crippen molar-refractivity contribution in [3.63, 3.8) is 0 Å². The molecule has 19 heavy (non-hydrogen) atoms. The number of ether oxygens (including phenoxy) is 1. The second-order valence-corrected chi connectivity index (χ2v) is 6.00. The number of morpholine rings is 1. The summed E-state index contributed by atoms with van der Waals surface area (Å²) in [7, 11) is 1.91. The fourth-order valence-corrected chi connectivity index (χ4v) is 3.56. The molecular formula is C13H17N3O2S. The Kier molecular flexibility index (Phi) is 3.06. The first kappa shape index (κ1) is 12.6. The van der Waals surface area contributed by atoms with Crippen LogP contribution in [-0.2, 0) is 11.8 Å². The van der Waals surface area contributed by atoms with Gasteiger partial charge >= 0.3 is 0 Å². The smallest absolute Gasteiger partial charge is 0.264 e. The highest BCUT2D eigenvalue weighted by Crippen LogP contribution is 2.28. The van der Waals surface area contributed by atoms with Crippen molar-refractivity contribution in [2.45, 2.75) is 20.0 Å². The van der Waals surface area contributed by atoms with Crippen molar-refractivity contribution in [2.75, 3.05) is 19.7 Å². The van der Waals surface area contributed by atoms with Gasteiger partial charge in [0.2, 0.25) is 0 Å². The molecule has 2 aromatic rings. The highest BCUT2D eigenvalue weighted by Gasteiger charge is 2.24. The van der Waals surface area contributed by atoms with Gasteiger partial charge in [-0.1, -0.05) is 0 Å². The van der Waals surface area contributed by atoms with Crippen molar-refractivity contribution in [2.24, 2.45) is 7.05 Å². The van der Waals surface area contributed by atoms with E-state index in [1.54, 1.807) is 0 Å². The minimum absolute atomic E-state index is 0.107. The van der Waals surface area contributed by atoms with Gasteiger partial charge < -0.3 is 9.64 Å². The summed E-state index contributed by atoms with van der Waals surface area (Å²) < 4.78 is 7.31.